The van der Waals surface area contributed by atoms with Gasteiger partial charge in [-0.05, 0) is 85.7 Å². The fourth-order valence-corrected chi connectivity index (χ4v) is 9.96. The maximum absolute atomic E-state index is 14.4. The lowest BCUT2D eigenvalue weighted by molar-refractivity contribution is -0.0500. The summed E-state index contributed by atoms with van der Waals surface area (Å²) in [5.41, 5.74) is 0.763. The molecule has 1 N–H and O–H groups in total. The first-order chi connectivity index (χ1) is 21.3. The van der Waals surface area contributed by atoms with E-state index in [2.05, 4.69) is 10.1 Å². The maximum atomic E-state index is 14.4. The van der Waals surface area contributed by atoms with E-state index in [1.165, 1.54) is 41.7 Å². The number of methoxy groups -OCH3 is 1. The summed E-state index contributed by atoms with van der Waals surface area (Å²) in [5, 5.41) is 2.76. The van der Waals surface area contributed by atoms with Gasteiger partial charge < -0.3 is 14.8 Å². The summed E-state index contributed by atoms with van der Waals surface area (Å²) in [4.78, 5) is 25.2. The van der Waals surface area contributed by atoms with Crippen molar-refractivity contribution in [2.75, 3.05) is 28.2 Å². The number of nitrogens with one attached hydrogen (secondary N) is 1. The number of halogens is 2. The summed E-state index contributed by atoms with van der Waals surface area (Å²) < 4.78 is 90.3. The summed E-state index contributed by atoms with van der Waals surface area (Å²) in [6, 6.07) is 15.1. The Morgan fingerprint density at radius 1 is 0.978 bits per heavy atom. The van der Waals surface area contributed by atoms with Crippen molar-refractivity contribution < 1.29 is 44.7 Å². The first kappa shape index (κ1) is 31.0. The molecule has 238 valence electrons. The molecule has 2 aliphatic heterocycles. The van der Waals surface area contributed by atoms with Gasteiger partial charge in [-0.25, -0.2) is 21.6 Å². The standard InChI is InChI=1S/C31H30F2N2O8S2/c1-42-29(37)21-4-2-5-22(16-21)34-28(36)20-10-11-26-25(17-20)31(12-14-44(38,39)15-13-31)27(19-8-9-19)35(26)45(40,41)24-7-3-6-23(18-24)43-30(32)33/h2-7,10-11,16-19,27,30H,8-9,12-15H2,1H3,(H,34,36). The SMILES string of the molecule is COC(=O)c1cccc(NC(=O)c2ccc3c(c2)C2(CCS(=O)(=O)CC2)C(C2CC2)N3S(=O)(=O)c2cccc(OC(F)F)c2)c1. The fourth-order valence-electron chi connectivity index (χ4n) is 6.57. The molecule has 14 heteroatoms. The number of hydrogen-bond donors (Lipinski definition) is 1. The fraction of sp³-hybridized carbons (Fsp3) is 0.355. The number of carbonyl (C=O) groups excluding carboxylic acids is 2. The molecule has 1 spiro atoms. The lowest BCUT2D eigenvalue weighted by Gasteiger charge is -2.41. The molecule has 0 aromatic heterocycles. The third-order valence-electron chi connectivity index (χ3n) is 8.77. The highest BCUT2D eigenvalue weighted by atomic mass is 32.2. The third kappa shape index (κ3) is 5.76. The molecule has 1 saturated heterocycles. The van der Waals surface area contributed by atoms with Crippen molar-refractivity contribution in [1.29, 1.82) is 0 Å². The monoisotopic (exact) mass is 660 g/mol. The largest absolute Gasteiger partial charge is 0.465 e. The molecule has 1 unspecified atom stereocenters. The van der Waals surface area contributed by atoms with Crippen LogP contribution < -0.4 is 14.4 Å². The Morgan fingerprint density at radius 2 is 1.69 bits per heavy atom. The number of benzene rings is 3. The highest BCUT2D eigenvalue weighted by Gasteiger charge is 2.60. The smallest absolute Gasteiger partial charge is 0.387 e. The number of anilines is 2. The Balaban J connectivity index is 1.44. The van der Waals surface area contributed by atoms with Gasteiger partial charge in [-0.1, -0.05) is 12.1 Å². The Bertz CT molecular complexity index is 1880. The summed E-state index contributed by atoms with van der Waals surface area (Å²) in [6.07, 6.45) is 1.79. The second kappa shape index (κ2) is 11.4. The lowest BCUT2D eigenvalue weighted by atomic mass is 9.70. The van der Waals surface area contributed by atoms with Crippen LogP contribution in [0.3, 0.4) is 0 Å². The minimum atomic E-state index is -4.35. The number of sulfone groups is 1. The van der Waals surface area contributed by atoms with Crippen LogP contribution in [0.5, 0.6) is 5.75 Å². The first-order valence-electron chi connectivity index (χ1n) is 14.3. The van der Waals surface area contributed by atoms with Gasteiger partial charge in [0.15, 0.2) is 0 Å². The topological polar surface area (TPSA) is 136 Å². The third-order valence-corrected chi connectivity index (χ3v) is 12.2. The predicted molar refractivity (Wildman–Crippen MR) is 161 cm³/mol. The van der Waals surface area contributed by atoms with Crippen molar-refractivity contribution in [1.82, 2.24) is 0 Å². The number of hydrogen-bond acceptors (Lipinski definition) is 8. The Kier molecular flexibility index (Phi) is 7.84. The molecule has 0 radical (unpaired) electrons. The molecule has 0 bridgehead atoms. The number of amides is 1. The normalized spacial score (nSPS) is 20.1. The summed E-state index contributed by atoms with van der Waals surface area (Å²) >= 11 is 0. The van der Waals surface area contributed by atoms with Crippen LogP contribution in [0.2, 0.25) is 0 Å². The summed E-state index contributed by atoms with van der Waals surface area (Å²) in [7, 11) is -6.46. The van der Waals surface area contributed by atoms with Crippen molar-refractivity contribution in [3.63, 3.8) is 0 Å². The van der Waals surface area contributed by atoms with Crippen molar-refractivity contribution in [2.45, 2.75) is 48.6 Å². The zero-order chi connectivity index (χ0) is 32.1. The molecule has 1 atom stereocenters. The summed E-state index contributed by atoms with van der Waals surface area (Å²) in [5.74, 6) is -1.74. The van der Waals surface area contributed by atoms with E-state index in [4.69, 9.17) is 4.74 Å². The van der Waals surface area contributed by atoms with E-state index in [0.717, 1.165) is 18.9 Å². The van der Waals surface area contributed by atoms with Crippen LogP contribution in [0.4, 0.5) is 20.2 Å². The highest BCUT2D eigenvalue weighted by molar-refractivity contribution is 7.93. The van der Waals surface area contributed by atoms with Gasteiger partial charge in [-0.2, -0.15) is 8.78 Å². The van der Waals surface area contributed by atoms with Gasteiger partial charge in [0.1, 0.15) is 15.6 Å². The number of nitrogens with zero attached hydrogens (tertiary/aromatic N) is 1. The first-order valence-corrected chi connectivity index (χ1v) is 17.5. The van der Waals surface area contributed by atoms with Crippen molar-refractivity contribution in [2.24, 2.45) is 5.92 Å². The molecule has 1 aliphatic carbocycles. The van der Waals surface area contributed by atoms with Crippen molar-refractivity contribution >= 4 is 43.1 Å². The lowest BCUT2D eigenvalue weighted by Crippen LogP contribution is -2.52. The molecule has 2 heterocycles. The number of esters is 1. The highest BCUT2D eigenvalue weighted by Crippen LogP contribution is 2.59. The van der Waals surface area contributed by atoms with E-state index >= 15 is 0 Å². The van der Waals surface area contributed by atoms with Crippen LogP contribution in [-0.2, 0) is 30.0 Å². The molecule has 10 nitrogen and oxygen atoms in total. The molecule has 6 rings (SSSR count). The molecule has 1 saturated carbocycles. The van der Waals surface area contributed by atoms with Crippen molar-refractivity contribution in [3.05, 3.63) is 83.4 Å². The second-order valence-corrected chi connectivity index (χ2v) is 15.6. The Labute approximate surface area is 259 Å². The minimum Gasteiger partial charge on any atom is -0.465 e. The zero-order valence-electron chi connectivity index (χ0n) is 24.1. The van der Waals surface area contributed by atoms with Gasteiger partial charge in [0.25, 0.3) is 15.9 Å². The van der Waals surface area contributed by atoms with Crippen LogP contribution in [-0.4, -0.2) is 60.0 Å². The van der Waals surface area contributed by atoms with Gasteiger partial charge in [0.05, 0.1) is 40.8 Å². The average molecular weight is 661 g/mol. The van der Waals surface area contributed by atoms with Gasteiger partial charge in [-0.15, -0.1) is 0 Å². The zero-order valence-corrected chi connectivity index (χ0v) is 25.7. The molecular formula is C31H30F2N2O8S2. The quantitative estimate of drug-likeness (QED) is 0.342. The number of alkyl halides is 2. The second-order valence-electron chi connectivity index (χ2n) is 11.5. The molecule has 3 aliphatic rings. The van der Waals surface area contributed by atoms with Gasteiger partial charge in [-0.3, -0.25) is 9.10 Å². The van der Waals surface area contributed by atoms with Crippen LogP contribution in [0.25, 0.3) is 0 Å². The molecule has 45 heavy (non-hydrogen) atoms. The molecular weight excluding hydrogens is 630 g/mol. The van der Waals surface area contributed by atoms with E-state index in [9.17, 15) is 35.2 Å². The van der Waals surface area contributed by atoms with E-state index in [1.54, 1.807) is 30.3 Å². The van der Waals surface area contributed by atoms with Crippen LogP contribution in [0.1, 0.15) is 52.0 Å². The number of fused-ring (bicyclic) bond motifs is 2. The maximum Gasteiger partial charge on any atom is 0.387 e. The van der Waals surface area contributed by atoms with Gasteiger partial charge >= 0.3 is 12.6 Å². The van der Waals surface area contributed by atoms with Crippen LogP contribution >= 0.6 is 0 Å². The Morgan fingerprint density at radius 3 is 2.36 bits per heavy atom. The van der Waals surface area contributed by atoms with E-state index in [0.29, 0.717) is 16.9 Å². The van der Waals surface area contributed by atoms with E-state index in [1.807, 2.05) is 0 Å². The van der Waals surface area contributed by atoms with Crippen molar-refractivity contribution in [3.8, 4) is 5.75 Å². The van der Waals surface area contributed by atoms with Crippen LogP contribution in [0.15, 0.2) is 71.6 Å². The summed E-state index contributed by atoms with van der Waals surface area (Å²) in [6.45, 7) is -3.14. The van der Waals surface area contributed by atoms with Crippen LogP contribution in [0, 0.1) is 5.92 Å². The average Bonchev–Trinajstić information content (AvgIpc) is 3.81. The molecule has 1 amide bonds. The molecule has 2 fully saturated rings. The predicted octanol–water partition coefficient (Wildman–Crippen LogP) is 4.76. The van der Waals surface area contributed by atoms with Gasteiger partial charge in [0.2, 0.25) is 0 Å². The Hall–Kier alpha value is -4.04. The number of ether oxygens (including phenoxy) is 2. The number of carbonyl (C=O) groups is 2. The van der Waals surface area contributed by atoms with Gasteiger partial charge in [0, 0.05) is 22.7 Å². The van der Waals surface area contributed by atoms with E-state index < -0.39 is 49.8 Å². The number of sulfonamides is 1. The molecule has 3 aromatic carbocycles. The number of rotatable bonds is 8. The molecule has 3 aromatic rings. The van der Waals surface area contributed by atoms with E-state index in [-0.39, 0.29) is 52.0 Å². The minimum absolute atomic E-state index is 0.0631.